The third kappa shape index (κ3) is 5.16. The van der Waals surface area contributed by atoms with Gasteiger partial charge in [0.1, 0.15) is 5.54 Å². The number of hydrogen-bond acceptors (Lipinski definition) is 5. The van der Waals surface area contributed by atoms with Crippen LogP contribution in [0, 0.1) is 0 Å². The van der Waals surface area contributed by atoms with E-state index >= 15 is 0 Å². The number of hydrogen-bond donors (Lipinski definition) is 1. The molecule has 1 aliphatic carbocycles. The molecule has 0 unspecified atom stereocenters. The van der Waals surface area contributed by atoms with Crippen LogP contribution in [0.2, 0.25) is 5.02 Å². The number of benzene rings is 1. The zero-order chi connectivity index (χ0) is 19.9. The fourth-order valence-corrected chi connectivity index (χ4v) is 3.47. The van der Waals surface area contributed by atoms with Gasteiger partial charge in [-0.05, 0) is 50.5 Å². The van der Waals surface area contributed by atoms with Crippen molar-refractivity contribution in [3.05, 3.63) is 28.8 Å². The van der Waals surface area contributed by atoms with Gasteiger partial charge in [-0.1, -0.05) is 24.4 Å². The van der Waals surface area contributed by atoms with Crippen molar-refractivity contribution >= 4 is 29.6 Å². The Kier molecular flexibility index (Phi) is 7.54. The first-order valence-corrected chi connectivity index (χ1v) is 9.51. The van der Waals surface area contributed by atoms with Gasteiger partial charge >= 0.3 is 5.97 Å². The topological polar surface area (TPSA) is 73.9 Å². The van der Waals surface area contributed by atoms with E-state index in [0.717, 1.165) is 12.8 Å². The molecule has 0 spiro atoms. The van der Waals surface area contributed by atoms with Crippen molar-refractivity contribution in [2.24, 2.45) is 0 Å². The summed E-state index contributed by atoms with van der Waals surface area (Å²) in [5, 5.41) is 3.23. The van der Waals surface area contributed by atoms with E-state index in [1.54, 1.807) is 25.1 Å². The molecule has 27 heavy (non-hydrogen) atoms. The molecule has 1 fully saturated rings. The van der Waals surface area contributed by atoms with Gasteiger partial charge in [-0.3, -0.25) is 4.79 Å². The first-order chi connectivity index (χ1) is 13.0. The Bertz CT molecular complexity index is 711. The summed E-state index contributed by atoms with van der Waals surface area (Å²) in [6, 6.07) is 3.42. The number of nitrogens with one attached hydrogen (secondary N) is 1. The molecule has 1 N–H and O–H groups in total. The summed E-state index contributed by atoms with van der Waals surface area (Å²) in [6.07, 6.45) is 5.95. The second kappa shape index (κ2) is 9.65. The monoisotopic (exact) mass is 395 g/mol. The highest BCUT2D eigenvalue weighted by Crippen LogP contribution is 2.37. The fraction of sp³-hybridized carbons (Fsp3) is 0.500. The second-order valence-electron chi connectivity index (χ2n) is 6.30. The molecule has 1 aromatic carbocycles. The van der Waals surface area contributed by atoms with E-state index in [-0.39, 0.29) is 18.5 Å². The summed E-state index contributed by atoms with van der Waals surface area (Å²) in [7, 11) is 1.53. The van der Waals surface area contributed by atoms with Crippen LogP contribution in [-0.4, -0.2) is 37.7 Å². The highest BCUT2D eigenvalue weighted by molar-refractivity contribution is 6.32. The maximum absolute atomic E-state index is 12.4. The summed E-state index contributed by atoms with van der Waals surface area (Å²) in [5.41, 5.74) is -0.238. The number of halogens is 1. The molecule has 0 atom stereocenters. The molecule has 0 bridgehead atoms. The largest absolute Gasteiger partial charge is 0.493 e. The number of ether oxygens (including phenoxy) is 3. The lowest BCUT2D eigenvalue weighted by molar-refractivity contribution is -0.152. The summed E-state index contributed by atoms with van der Waals surface area (Å²) in [6.45, 7) is 4.36. The summed E-state index contributed by atoms with van der Waals surface area (Å²) in [5.74, 6) is 0.239. The van der Waals surface area contributed by atoms with Gasteiger partial charge in [0.05, 0.1) is 25.3 Å². The van der Waals surface area contributed by atoms with Crippen molar-refractivity contribution in [3.63, 3.8) is 0 Å². The predicted octanol–water partition coefficient (Wildman–Crippen LogP) is 3.75. The molecule has 0 heterocycles. The van der Waals surface area contributed by atoms with Crippen LogP contribution in [0.15, 0.2) is 18.2 Å². The molecule has 0 radical (unpaired) electrons. The highest BCUT2D eigenvalue weighted by Gasteiger charge is 2.43. The van der Waals surface area contributed by atoms with Crippen LogP contribution >= 0.6 is 11.6 Å². The average molecular weight is 396 g/mol. The van der Waals surface area contributed by atoms with Crippen LogP contribution in [-0.2, 0) is 14.3 Å². The van der Waals surface area contributed by atoms with E-state index in [2.05, 4.69) is 5.32 Å². The number of carbonyl (C=O) groups excluding carboxylic acids is 2. The molecule has 0 aliphatic heterocycles. The van der Waals surface area contributed by atoms with Gasteiger partial charge in [-0.15, -0.1) is 0 Å². The molecule has 2 rings (SSSR count). The Balaban J connectivity index is 2.14. The Morgan fingerprint density at radius 2 is 1.93 bits per heavy atom. The molecule has 0 aromatic heterocycles. The first-order valence-electron chi connectivity index (χ1n) is 9.13. The van der Waals surface area contributed by atoms with Gasteiger partial charge < -0.3 is 19.5 Å². The fourth-order valence-electron chi connectivity index (χ4n) is 3.20. The number of carbonyl (C=O) groups is 2. The zero-order valence-corrected chi connectivity index (χ0v) is 16.7. The van der Waals surface area contributed by atoms with Crippen molar-refractivity contribution in [3.8, 4) is 11.5 Å². The van der Waals surface area contributed by atoms with Crippen molar-refractivity contribution in [1.29, 1.82) is 0 Å². The second-order valence-corrected chi connectivity index (χ2v) is 6.71. The average Bonchev–Trinajstić information content (AvgIpc) is 3.11. The quantitative estimate of drug-likeness (QED) is 0.536. The number of amides is 1. The van der Waals surface area contributed by atoms with Crippen molar-refractivity contribution < 1.29 is 23.8 Å². The minimum Gasteiger partial charge on any atom is -0.493 e. The van der Waals surface area contributed by atoms with Gasteiger partial charge in [0, 0.05) is 6.08 Å². The van der Waals surface area contributed by atoms with E-state index in [1.165, 1.54) is 13.2 Å². The lowest BCUT2D eigenvalue weighted by Gasteiger charge is -2.27. The van der Waals surface area contributed by atoms with E-state index in [1.807, 2.05) is 6.92 Å². The normalized spacial score (nSPS) is 15.6. The van der Waals surface area contributed by atoms with Gasteiger partial charge in [0.15, 0.2) is 11.5 Å². The maximum Gasteiger partial charge on any atom is 0.331 e. The molecular weight excluding hydrogens is 370 g/mol. The molecule has 148 valence electrons. The van der Waals surface area contributed by atoms with Crippen LogP contribution < -0.4 is 14.8 Å². The Hall–Kier alpha value is -2.21. The van der Waals surface area contributed by atoms with Crippen molar-refractivity contribution in [2.75, 3.05) is 20.3 Å². The number of rotatable bonds is 8. The SMILES string of the molecule is CCOC(=O)C1(NC(=O)C=Cc2cc(Cl)c(OCC)c(OC)c2)CCCC1. The third-order valence-electron chi connectivity index (χ3n) is 4.45. The first kappa shape index (κ1) is 21.1. The molecule has 1 aliphatic rings. The summed E-state index contributed by atoms with van der Waals surface area (Å²) >= 11 is 6.24. The van der Waals surface area contributed by atoms with Crippen LogP contribution in [0.5, 0.6) is 11.5 Å². The Morgan fingerprint density at radius 3 is 2.52 bits per heavy atom. The molecule has 1 aromatic rings. The van der Waals surface area contributed by atoms with Crippen LogP contribution in [0.25, 0.3) is 6.08 Å². The molecule has 6 nitrogen and oxygen atoms in total. The van der Waals surface area contributed by atoms with E-state index in [0.29, 0.717) is 41.5 Å². The minimum absolute atomic E-state index is 0.288. The minimum atomic E-state index is -0.925. The van der Waals surface area contributed by atoms with Gasteiger partial charge in [0.2, 0.25) is 5.91 Å². The zero-order valence-electron chi connectivity index (χ0n) is 16.0. The van der Waals surface area contributed by atoms with E-state index in [9.17, 15) is 9.59 Å². The van der Waals surface area contributed by atoms with Crippen molar-refractivity contribution in [1.82, 2.24) is 5.32 Å². The van der Waals surface area contributed by atoms with Gasteiger partial charge in [-0.2, -0.15) is 0 Å². The Morgan fingerprint density at radius 1 is 1.22 bits per heavy atom. The van der Waals surface area contributed by atoms with E-state index < -0.39 is 5.54 Å². The van der Waals surface area contributed by atoms with E-state index in [4.69, 9.17) is 25.8 Å². The van der Waals surface area contributed by atoms with Crippen LogP contribution in [0.3, 0.4) is 0 Å². The summed E-state index contributed by atoms with van der Waals surface area (Å²) < 4.78 is 15.9. The molecular formula is C20H26ClNO5. The molecule has 7 heteroatoms. The lowest BCUT2D eigenvalue weighted by Crippen LogP contribution is -2.52. The third-order valence-corrected chi connectivity index (χ3v) is 4.73. The standard InChI is InChI=1S/C20H26ClNO5/c1-4-26-18-15(21)12-14(13-16(18)25-3)8-9-17(23)22-20(10-6-7-11-20)19(24)27-5-2/h8-9,12-13H,4-7,10-11H2,1-3H3,(H,22,23). The predicted molar refractivity (Wildman–Crippen MR) is 104 cm³/mol. The highest BCUT2D eigenvalue weighted by atomic mass is 35.5. The molecule has 1 saturated carbocycles. The Labute approximate surface area is 164 Å². The van der Waals surface area contributed by atoms with Gasteiger partial charge in [-0.25, -0.2) is 4.79 Å². The number of methoxy groups -OCH3 is 1. The summed E-state index contributed by atoms with van der Waals surface area (Å²) in [4.78, 5) is 24.7. The lowest BCUT2D eigenvalue weighted by atomic mass is 9.97. The van der Waals surface area contributed by atoms with Crippen LogP contribution in [0.1, 0.15) is 45.1 Å². The van der Waals surface area contributed by atoms with Crippen LogP contribution in [0.4, 0.5) is 0 Å². The molecule has 0 saturated heterocycles. The molecule has 1 amide bonds. The smallest absolute Gasteiger partial charge is 0.331 e. The number of esters is 1. The maximum atomic E-state index is 12.4. The van der Waals surface area contributed by atoms with Gasteiger partial charge in [0.25, 0.3) is 0 Å². The van der Waals surface area contributed by atoms with Crippen molar-refractivity contribution in [2.45, 2.75) is 45.1 Å².